The number of rotatable bonds is 5. The average Bonchev–Trinajstić information content (AvgIpc) is 2.38. The summed E-state index contributed by atoms with van der Waals surface area (Å²) in [5.74, 6) is 1.03. The van der Waals surface area contributed by atoms with Crippen LogP contribution in [0.5, 0.6) is 0 Å². The number of esters is 1. The Kier molecular flexibility index (Phi) is 5.46. The fraction of sp³-hybridized carbons (Fsp3) is 0.286. The maximum absolute atomic E-state index is 11.5. The summed E-state index contributed by atoms with van der Waals surface area (Å²) in [6.07, 6.45) is 5.08. The predicted octanol–water partition coefficient (Wildman–Crippen LogP) is 1.21. The molecule has 0 saturated heterocycles. The van der Waals surface area contributed by atoms with Gasteiger partial charge in [0.25, 0.3) is 5.91 Å². The van der Waals surface area contributed by atoms with E-state index in [1.165, 1.54) is 4.90 Å². The van der Waals surface area contributed by atoms with Gasteiger partial charge in [-0.3, -0.25) is 9.59 Å². The van der Waals surface area contributed by atoms with E-state index in [9.17, 15) is 9.59 Å². The quantitative estimate of drug-likeness (QED) is 0.578. The van der Waals surface area contributed by atoms with Gasteiger partial charge < -0.3 is 9.64 Å². The zero-order valence-corrected chi connectivity index (χ0v) is 10.3. The summed E-state index contributed by atoms with van der Waals surface area (Å²) < 4.78 is 4.80. The minimum Gasteiger partial charge on any atom is -0.465 e. The third kappa shape index (κ3) is 4.30. The number of carbonyl (C=O) groups is 2. The van der Waals surface area contributed by atoms with Gasteiger partial charge in [-0.25, -0.2) is 0 Å². The van der Waals surface area contributed by atoms with Crippen LogP contribution in [0.1, 0.15) is 12.5 Å². The molecule has 0 aromatic heterocycles. The van der Waals surface area contributed by atoms with Crippen molar-refractivity contribution in [3.63, 3.8) is 0 Å². The summed E-state index contributed by atoms with van der Waals surface area (Å²) in [6.45, 7) is 2.15. The fourth-order valence-electron chi connectivity index (χ4n) is 1.46. The maximum Gasteiger partial charge on any atom is 0.325 e. The molecule has 18 heavy (non-hydrogen) atoms. The van der Waals surface area contributed by atoms with Crippen LogP contribution in [0.25, 0.3) is 0 Å². The van der Waals surface area contributed by atoms with Gasteiger partial charge in [0.15, 0.2) is 0 Å². The minimum absolute atomic E-state index is 0.133. The molecule has 94 valence electrons. The van der Waals surface area contributed by atoms with Gasteiger partial charge in [-0.15, -0.1) is 6.42 Å². The third-order valence-electron chi connectivity index (χ3n) is 2.25. The smallest absolute Gasteiger partial charge is 0.325 e. The molecule has 0 aliphatic rings. The SMILES string of the molecule is C#CC(=O)N(CC(=O)OCC)Cc1ccccc1. The van der Waals surface area contributed by atoms with Crippen LogP contribution in [0.4, 0.5) is 0 Å². The second-order valence-corrected chi connectivity index (χ2v) is 3.60. The van der Waals surface area contributed by atoms with Crippen molar-refractivity contribution in [3.05, 3.63) is 35.9 Å². The summed E-state index contributed by atoms with van der Waals surface area (Å²) in [5.41, 5.74) is 0.908. The van der Waals surface area contributed by atoms with Gasteiger partial charge >= 0.3 is 5.97 Å². The van der Waals surface area contributed by atoms with Crippen molar-refractivity contribution >= 4 is 11.9 Å². The lowest BCUT2D eigenvalue weighted by atomic mass is 10.2. The first-order chi connectivity index (χ1) is 8.67. The Morgan fingerprint density at radius 3 is 2.56 bits per heavy atom. The summed E-state index contributed by atoms with van der Waals surface area (Å²) in [7, 11) is 0. The molecule has 1 aromatic carbocycles. The lowest BCUT2D eigenvalue weighted by molar-refractivity contribution is -0.147. The molecule has 1 aromatic rings. The second-order valence-electron chi connectivity index (χ2n) is 3.60. The normalized spacial score (nSPS) is 9.33. The first-order valence-corrected chi connectivity index (χ1v) is 5.62. The van der Waals surface area contributed by atoms with E-state index in [4.69, 9.17) is 11.2 Å². The number of amides is 1. The molecular weight excluding hydrogens is 230 g/mol. The van der Waals surface area contributed by atoms with E-state index in [0.717, 1.165) is 5.56 Å². The van der Waals surface area contributed by atoms with Crippen molar-refractivity contribution in [2.75, 3.05) is 13.2 Å². The summed E-state index contributed by atoms with van der Waals surface area (Å²) in [4.78, 5) is 24.2. The van der Waals surface area contributed by atoms with Crippen LogP contribution in [0.2, 0.25) is 0 Å². The van der Waals surface area contributed by atoms with Crippen LogP contribution in [0.3, 0.4) is 0 Å². The molecule has 0 aliphatic carbocycles. The molecule has 0 fully saturated rings. The topological polar surface area (TPSA) is 46.6 Å². The first kappa shape index (κ1) is 13.8. The number of carbonyl (C=O) groups excluding carboxylic acids is 2. The maximum atomic E-state index is 11.5. The highest BCUT2D eigenvalue weighted by molar-refractivity contribution is 5.94. The molecule has 0 atom stereocenters. The number of benzene rings is 1. The Morgan fingerprint density at radius 1 is 1.33 bits per heavy atom. The van der Waals surface area contributed by atoms with Gasteiger partial charge in [-0.1, -0.05) is 30.3 Å². The predicted molar refractivity (Wildman–Crippen MR) is 67.3 cm³/mol. The van der Waals surface area contributed by atoms with Crippen LogP contribution >= 0.6 is 0 Å². The molecule has 0 aliphatic heterocycles. The highest BCUT2D eigenvalue weighted by Gasteiger charge is 2.16. The average molecular weight is 245 g/mol. The van der Waals surface area contributed by atoms with Crippen LogP contribution in [0, 0.1) is 12.3 Å². The molecule has 0 radical (unpaired) electrons. The van der Waals surface area contributed by atoms with Gasteiger partial charge in [-0.2, -0.15) is 0 Å². The number of nitrogens with zero attached hydrogens (tertiary/aromatic N) is 1. The van der Waals surface area contributed by atoms with Crippen LogP contribution < -0.4 is 0 Å². The highest BCUT2D eigenvalue weighted by Crippen LogP contribution is 2.04. The molecule has 1 amide bonds. The molecule has 0 N–H and O–H groups in total. The van der Waals surface area contributed by atoms with Gasteiger partial charge in [-0.05, 0) is 18.4 Å². The van der Waals surface area contributed by atoms with Crippen LogP contribution in [-0.2, 0) is 20.9 Å². The van der Waals surface area contributed by atoms with Crippen molar-refractivity contribution in [2.24, 2.45) is 0 Å². The summed E-state index contributed by atoms with van der Waals surface area (Å²) in [5, 5.41) is 0. The third-order valence-corrected chi connectivity index (χ3v) is 2.25. The Hall–Kier alpha value is -2.28. The first-order valence-electron chi connectivity index (χ1n) is 5.62. The van der Waals surface area contributed by atoms with Crippen LogP contribution in [-0.4, -0.2) is 29.9 Å². The standard InChI is InChI=1S/C14H15NO3/c1-3-13(16)15(11-14(17)18-4-2)10-12-8-6-5-7-9-12/h1,5-9H,4,10-11H2,2H3. The van der Waals surface area contributed by atoms with Crippen molar-refractivity contribution in [2.45, 2.75) is 13.5 Å². The van der Waals surface area contributed by atoms with Gasteiger partial charge in [0, 0.05) is 6.54 Å². The van der Waals surface area contributed by atoms with E-state index >= 15 is 0 Å². The van der Waals surface area contributed by atoms with Crippen molar-refractivity contribution in [1.29, 1.82) is 0 Å². The van der Waals surface area contributed by atoms with E-state index in [0.29, 0.717) is 6.54 Å². The van der Waals surface area contributed by atoms with E-state index in [2.05, 4.69) is 0 Å². The number of ether oxygens (including phenoxy) is 1. The van der Waals surface area contributed by atoms with Crippen LogP contribution in [0.15, 0.2) is 30.3 Å². The largest absolute Gasteiger partial charge is 0.465 e. The number of hydrogen-bond acceptors (Lipinski definition) is 3. The number of terminal acetylenes is 1. The molecule has 0 saturated carbocycles. The van der Waals surface area contributed by atoms with Gasteiger partial charge in [0.2, 0.25) is 0 Å². The Labute approximate surface area is 107 Å². The van der Waals surface area contributed by atoms with Crippen molar-refractivity contribution in [3.8, 4) is 12.3 Å². The molecule has 0 spiro atoms. The molecule has 4 heteroatoms. The lowest BCUT2D eigenvalue weighted by Gasteiger charge is -2.19. The molecule has 0 unspecified atom stereocenters. The molecule has 0 bridgehead atoms. The summed E-state index contributed by atoms with van der Waals surface area (Å²) >= 11 is 0. The lowest BCUT2D eigenvalue weighted by Crippen LogP contribution is -2.35. The fourth-order valence-corrected chi connectivity index (χ4v) is 1.46. The Morgan fingerprint density at radius 2 is 2.00 bits per heavy atom. The van der Waals surface area contributed by atoms with E-state index in [1.54, 1.807) is 6.92 Å². The van der Waals surface area contributed by atoms with Gasteiger partial charge in [0.05, 0.1) is 6.61 Å². The zero-order valence-electron chi connectivity index (χ0n) is 10.3. The Bertz CT molecular complexity index is 448. The summed E-state index contributed by atoms with van der Waals surface area (Å²) in [6, 6.07) is 9.32. The molecule has 0 heterocycles. The minimum atomic E-state index is -0.521. The number of hydrogen-bond donors (Lipinski definition) is 0. The molecule has 4 nitrogen and oxygen atoms in total. The molecule has 1 rings (SSSR count). The van der Waals surface area contributed by atoms with Crippen molar-refractivity contribution < 1.29 is 14.3 Å². The van der Waals surface area contributed by atoms with E-state index < -0.39 is 11.9 Å². The zero-order chi connectivity index (χ0) is 13.4. The monoisotopic (exact) mass is 245 g/mol. The van der Waals surface area contributed by atoms with E-state index in [-0.39, 0.29) is 13.2 Å². The second kappa shape index (κ2) is 7.13. The Balaban J connectivity index is 2.71. The van der Waals surface area contributed by atoms with Crippen molar-refractivity contribution in [1.82, 2.24) is 4.90 Å². The van der Waals surface area contributed by atoms with E-state index in [1.807, 2.05) is 36.3 Å². The molecular formula is C14H15NO3. The van der Waals surface area contributed by atoms with Gasteiger partial charge in [0.1, 0.15) is 6.54 Å². The highest BCUT2D eigenvalue weighted by atomic mass is 16.5.